The van der Waals surface area contributed by atoms with Crippen LogP contribution < -0.4 is 10.6 Å². The van der Waals surface area contributed by atoms with Gasteiger partial charge in [0, 0.05) is 12.6 Å². The third-order valence-electron chi connectivity index (χ3n) is 4.07. The molecule has 0 saturated carbocycles. The first-order valence-electron chi connectivity index (χ1n) is 8.50. The fraction of sp³-hybridized carbons (Fsp3) is 0.333. The number of morpholine rings is 1. The Morgan fingerprint density at radius 1 is 1.22 bits per heavy atom. The number of benzene rings is 1. The molecule has 142 valence electrons. The molecular weight excluding hydrogens is 352 g/mol. The zero-order chi connectivity index (χ0) is 19.2. The molecule has 1 saturated heterocycles. The summed E-state index contributed by atoms with van der Waals surface area (Å²) in [6.45, 7) is 2.62. The number of nitrogens with one attached hydrogen (secondary N) is 2. The minimum atomic E-state index is -0.920. The van der Waals surface area contributed by atoms with Crippen LogP contribution in [0.2, 0.25) is 0 Å². The highest BCUT2D eigenvalue weighted by Crippen LogP contribution is 2.21. The summed E-state index contributed by atoms with van der Waals surface area (Å²) < 4.78 is 10.5. The van der Waals surface area contributed by atoms with E-state index in [1.54, 1.807) is 11.8 Å². The minimum Gasteiger partial charge on any atom is -0.370 e. The number of aromatic nitrogens is 1. The van der Waals surface area contributed by atoms with Crippen LogP contribution in [0.25, 0.3) is 0 Å². The Hall–Kier alpha value is -3.20. The number of nitrogens with zero attached hydrogens (tertiary/aromatic N) is 2. The standard InChI is InChI=1S/C18H20N4O5/c1-12-9-15(21-27-12)20-18(25)17(24)19-10-16(23)22-7-8-26-14(11-22)13-5-3-2-4-6-13/h2-6,9,14H,7-8,10-11H2,1H3,(H,19,24)(H,20,21,25)/t14-/m0/s1. The van der Waals surface area contributed by atoms with Crippen molar-refractivity contribution in [2.45, 2.75) is 13.0 Å². The molecule has 0 unspecified atom stereocenters. The van der Waals surface area contributed by atoms with Gasteiger partial charge in [-0.3, -0.25) is 19.7 Å². The highest BCUT2D eigenvalue weighted by atomic mass is 16.5. The number of aryl methyl sites for hydroxylation is 1. The number of ether oxygens (including phenoxy) is 1. The minimum absolute atomic E-state index is 0.137. The summed E-state index contributed by atoms with van der Waals surface area (Å²) in [4.78, 5) is 37.6. The quantitative estimate of drug-likeness (QED) is 0.762. The number of carbonyl (C=O) groups excluding carboxylic acids is 3. The van der Waals surface area contributed by atoms with Gasteiger partial charge in [-0.05, 0) is 12.5 Å². The van der Waals surface area contributed by atoms with Crippen molar-refractivity contribution >= 4 is 23.5 Å². The van der Waals surface area contributed by atoms with Gasteiger partial charge in [-0.25, -0.2) is 0 Å². The topological polar surface area (TPSA) is 114 Å². The molecule has 0 aliphatic carbocycles. The largest absolute Gasteiger partial charge is 0.370 e. The summed E-state index contributed by atoms with van der Waals surface area (Å²) in [6.07, 6.45) is -0.210. The van der Waals surface area contributed by atoms with Gasteiger partial charge >= 0.3 is 11.8 Å². The zero-order valence-corrected chi connectivity index (χ0v) is 14.8. The Morgan fingerprint density at radius 3 is 2.70 bits per heavy atom. The van der Waals surface area contributed by atoms with Crippen molar-refractivity contribution in [3.63, 3.8) is 0 Å². The molecular formula is C18H20N4O5. The average Bonchev–Trinajstić information content (AvgIpc) is 3.11. The van der Waals surface area contributed by atoms with E-state index in [9.17, 15) is 14.4 Å². The first kappa shape index (κ1) is 18.6. The smallest absolute Gasteiger partial charge is 0.314 e. The normalized spacial score (nSPS) is 16.6. The van der Waals surface area contributed by atoms with Crippen molar-refractivity contribution in [3.05, 3.63) is 47.7 Å². The van der Waals surface area contributed by atoms with Crippen LogP contribution in [0.4, 0.5) is 5.82 Å². The van der Waals surface area contributed by atoms with E-state index >= 15 is 0 Å². The summed E-state index contributed by atoms with van der Waals surface area (Å²) >= 11 is 0. The van der Waals surface area contributed by atoms with E-state index in [1.807, 2.05) is 30.3 Å². The maximum atomic E-state index is 12.4. The van der Waals surface area contributed by atoms with Crippen molar-refractivity contribution in [2.75, 3.05) is 31.6 Å². The molecule has 0 radical (unpaired) electrons. The molecule has 1 aliphatic rings. The summed E-state index contributed by atoms with van der Waals surface area (Å²) in [5.74, 6) is -1.48. The van der Waals surface area contributed by atoms with E-state index in [-0.39, 0.29) is 24.4 Å². The SMILES string of the molecule is Cc1cc(NC(=O)C(=O)NCC(=O)N2CCO[C@H](c3ccccc3)C2)no1. The highest BCUT2D eigenvalue weighted by Gasteiger charge is 2.26. The van der Waals surface area contributed by atoms with Crippen molar-refractivity contribution in [3.8, 4) is 0 Å². The number of anilines is 1. The van der Waals surface area contributed by atoms with Gasteiger partial charge in [0.25, 0.3) is 0 Å². The van der Waals surface area contributed by atoms with Gasteiger partial charge < -0.3 is 19.5 Å². The molecule has 1 aliphatic heterocycles. The maximum Gasteiger partial charge on any atom is 0.314 e. The van der Waals surface area contributed by atoms with Crippen LogP contribution in [0.15, 0.2) is 40.9 Å². The van der Waals surface area contributed by atoms with Gasteiger partial charge in [-0.2, -0.15) is 0 Å². The second-order valence-electron chi connectivity index (χ2n) is 6.07. The van der Waals surface area contributed by atoms with E-state index in [0.29, 0.717) is 25.5 Å². The molecule has 0 bridgehead atoms. The Labute approximate surface area is 155 Å². The third-order valence-corrected chi connectivity index (χ3v) is 4.07. The van der Waals surface area contributed by atoms with Crippen LogP contribution in [-0.4, -0.2) is 54.0 Å². The Bertz CT molecular complexity index is 820. The number of amides is 3. The number of rotatable bonds is 4. The van der Waals surface area contributed by atoms with Crippen molar-refractivity contribution in [1.29, 1.82) is 0 Å². The van der Waals surface area contributed by atoms with Crippen LogP contribution in [0.5, 0.6) is 0 Å². The summed E-state index contributed by atoms with van der Waals surface area (Å²) in [5.41, 5.74) is 0.987. The Kier molecular flexibility index (Phi) is 5.82. The second kappa shape index (κ2) is 8.45. The van der Waals surface area contributed by atoms with E-state index in [1.165, 1.54) is 6.07 Å². The lowest BCUT2D eigenvalue weighted by atomic mass is 10.1. The summed E-state index contributed by atoms with van der Waals surface area (Å²) in [7, 11) is 0. The lowest BCUT2D eigenvalue weighted by molar-refractivity contribution is -0.141. The van der Waals surface area contributed by atoms with Gasteiger partial charge in [0.05, 0.1) is 19.7 Å². The molecule has 2 N–H and O–H groups in total. The average molecular weight is 372 g/mol. The van der Waals surface area contributed by atoms with E-state index in [4.69, 9.17) is 9.26 Å². The van der Waals surface area contributed by atoms with Gasteiger partial charge in [0.1, 0.15) is 11.9 Å². The van der Waals surface area contributed by atoms with Gasteiger partial charge in [0.15, 0.2) is 5.82 Å². The fourth-order valence-corrected chi connectivity index (χ4v) is 2.69. The van der Waals surface area contributed by atoms with Crippen LogP contribution in [-0.2, 0) is 19.1 Å². The molecule has 0 spiro atoms. The third kappa shape index (κ3) is 4.91. The van der Waals surface area contributed by atoms with E-state index in [0.717, 1.165) is 5.56 Å². The first-order valence-corrected chi connectivity index (χ1v) is 8.50. The molecule has 1 aromatic carbocycles. The van der Waals surface area contributed by atoms with Crippen molar-refractivity contribution in [1.82, 2.24) is 15.4 Å². The molecule has 27 heavy (non-hydrogen) atoms. The molecule has 1 fully saturated rings. The molecule has 9 heteroatoms. The van der Waals surface area contributed by atoms with E-state index in [2.05, 4.69) is 15.8 Å². The van der Waals surface area contributed by atoms with Crippen LogP contribution in [0.1, 0.15) is 17.4 Å². The second-order valence-corrected chi connectivity index (χ2v) is 6.07. The van der Waals surface area contributed by atoms with Gasteiger partial charge in [0.2, 0.25) is 5.91 Å². The summed E-state index contributed by atoms with van der Waals surface area (Å²) in [6, 6.07) is 11.1. The number of hydrogen-bond acceptors (Lipinski definition) is 6. The number of hydrogen-bond donors (Lipinski definition) is 2. The van der Waals surface area contributed by atoms with Crippen LogP contribution >= 0.6 is 0 Å². The first-order chi connectivity index (χ1) is 13.0. The lowest BCUT2D eigenvalue weighted by Gasteiger charge is -2.33. The van der Waals surface area contributed by atoms with Crippen molar-refractivity contribution < 1.29 is 23.6 Å². The highest BCUT2D eigenvalue weighted by molar-refractivity contribution is 6.39. The molecule has 9 nitrogen and oxygen atoms in total. The zero-order valence-electron chi connectivity index (χ0n) is 14.8. The predicted molar refractivity (Wildman–Crippen MR) is 94.6 cm³/mol. The van der Waals surface area contributed by atoms with Gasteiger partial charge in [-0.1, -0.05) is 35.5 Å². The fourth-order valence-electron chi connectivity index (χ4n) is 2.69. The van der Waals surface area contributed by atoms with Crippen LogP contribution in [0.3, 0.4) is 0 Å². The predicted octanol–water partition coefficient (Wildman–Crippen LogP) is 0.638. The number of carbonyl (C=O) groups is 3. The molecule has 3 amide bonds. The van der Waals surface area contributed by atoms with Crippen LogP contribution in [0, 0.1) is 6.92 Å². The maximum absolute atomic E-state index is 12.4. The summed E-state index contributed by atoms with van der Waals surface area (Å²) in [5, 5.41) is 8.18. The van der Waals surface area contributed by atoms with E-state index < -0.39 is 11.8 Å². The molecule has 1 aromatic heterocycles. The van der Waals surface area contributed by atoms with Gasteiger partial charge in [-0.15, -0.1) is 0 Å². The molecule has 1 atom stereocenters. The Balaban J connectivity index is 1.48. The monoisotopic (exact) mass is 372 g/mol. The molecule has 2 heterocycles. The van der Waals surface area contributed by atoms with Crippen molar-refractivity contribution in [2.24, 2.45) is 0 Å². The molecule has 3 rings (SSSR count). The Morgan fingerprint density at radius 2 is 2.00 bits per heavy atom. The molecule has 2 aromatic rings. The lowest BCUT2D eigenvalue weighted by Crippen LogP contribution is -2.48.